The molecule has 2 aromatic rings. The topological polar surface area (TPSA) is 64.6 Å². The Hall–Kier alpha value is -2.82. The molecule has 0 aromatic heterocycles. The van der Waals surface area contributed by atoms with Crippen molar-refractivity contribution >= 4 is 11.7 Å². The molecule has 1 aliphatic rings. The molecule has 1 N–H and O–H groups in total. The lowest BCUT2D eigenvalue weighted by molar-refractivity contribution is -0.121. The molecular weight excluding hydrogens is 366 g/mol. The highest BCUT2D eigenvalue weighted by molar-refractivity contribution is 5.98. The predicted octanol–water partition coefficient (Wildman–Crippen LogP) is 4.30. The van der Waals surface area contributed by atoms with Gasteiger partial charge < -0.3 is 14.8 Å². The van der Waals surface area contributed by atoms with Crippen molar-refractivity contribution in [2.24, 2.45) is 0 Å². The minimum atomic E-state index is -0.153. The average Bonchev–Trinajstić information content (AvgIpc) is 3.05. The lowest BCUT2D eigenvalue weighted by atomic mass is 10.0. The smallest absolute Gasteiger partial charge is 0.220 e. The number of ketones is 1. The number of aryl methyl sites for hydroxylation is 2. The molecule has 0 radical (unpaired) electrons. The first-order valence-corrected chi connectivity index (χ1v) is 10.2. The molecule has 29 heavy (non-hydrogen) atoms. The molecule has 0 bridgehead atoms. The van der Waals surface area contributed by atoms with Gasteiger partial charge in [0.2, 0.25) is 5.91 Å². The summed E-state index contributed by atoms with van der Waals surface area (Å²) in [5, 5.41) is 2.90. The van der Waals surface area contributed by atoms with Crippen LogP contribution in [0.1, 0.15) is 59.3 Å². The molecule has 5 heteroatoms. The maximum absolute atomic E-state index is 12.4. The summed E-state index contributed by atoms with van der Waals surface area (Å²) in [6.45, 7) is 8.87. The van der Waals surface area contributed by atoms with E-state index in [9.17, 15) is 9.59 Å². The number of fused-ring (bicyclic) bond motifs is 1. The lowest BCUT2D eigenvalue weighted by Gasteiger charge is -2.13. The minimum absolute atomic E-state index is 0.0156. The molecule has 0 saturated heterocycles. The van der Waals surface area contributed by atoms with E-state index in [1.54, 1.807) is 0 Å². The highest BCUT2D eigenvalue weighted by Gasteiger charge is 2.22. The molecule has 2 aromatic carbocycles. The maximum atomic E-state index is 12.4. The van der Waals surface area contributed by atoms with Crippen molar-refractivity contribution in [3.8, 4) is 11.5 Å². The number of ether oxygens (including phenoxy) is 2. The molecule has 0 saturated carbocycles. The van der Waals surface area contributed by atoms with Gasteiger partial charge in [-0.3, -0.25) is 9.59 Å². The zero-order chi connectivity index (χ0) is 21.0. The molecule has 154 valence electrons. The molecule has 0 unspecified atom stereocenters. The Morgan fingerprint density at radius 2 is 1.93 bits per heavy atom. The number of rotatable bonds is 8. The van der Waals surface area contributed by atoms with E-state index in [1.807, 2.05) is 58.0 Å². The summed E-state index contributed by atoms with van der Waals surface area (Å²) >= 11 is 0. The Kier molecular flexibility index (Phi) is 6.57. The van der Waals surface area contributed by atoms with Crippen molar-refractivity contribution in [1.29, 1.82) is 0 Å². The summed E-state index contributed by atoms with van der Waals surface area (Å²) in [7, 11) is 0. The van der Waals surface area contributed by atoms with Gasteiger partial charge in [-0.25, -0.2) is 0 Å². The highest BCUT2D eigenvalue weighted by atomic mass is 16.5. The molecule has 1 aliphatic heterocycles. The van der Waals surface area contributed by atoms with Gasteiger partial charge in [-0.2, -0.15) is 0 Å². The van der Waals surface area contributed by atoms with Gasteiger partial charge in [0, 0.05) is 42.5 Å². The van der Waals surface area contributed by atoms with Crippen LogP contribution < -0.4 is 14.8 Å². The van der Waals surface area contributed by atoms with E-state index in [2.05, 4.69) is 5.32 Å². The third-order valence-corrected chi connectivity index (χ3v) is 5.26. The van der Waals surface area contributed by atoms with Crippen molar-refractivity contribution in [1.82, 2.24) is 5.32 Å². The molecule has 0 aliphatic carbocycles. The Morgan fingerprint density at radius 3 is 2.66 bits per heavy atom. The summed E-state index contributed by atoms with van der Waals surface area (Å²) in [4.78, 5) is 24.7. The molecule has 0 fully saturated rings. The summed E-state index contributed by atoms with van der Waals surface area (Å²) in [5.74, 6) is 1.46. The van der Waals surface area contributed by atoms with Crippen molar-refractivity contribution in [2.75, 3.05) is 6.61 Å². The van der Waals surface area contributed by atoms with E-state index < -0.39 is 0 Å². The van der Waals surface area contributed by atoms with Gasteiger partial charge in [0.05, 0.1) is 6.61 Å². The van der Waals surface area contributed by atoms with E-state index >= 15 is 0 Å². The standard InChI is InChI=1S/C24H29NO4/c1-5-28-22-12-19-11-17(4)29-23(19)13-20(22)14-25-24(27)9-8-21(26)18-7-6-15(2)16(3)10-18/h6-7,10,12-13,17H,5,8-9,11,14H2,1-4H3,(H,25,27)/t17-/m0/s1. The van der Waals surface area contributed by atoms with Crippen LogP contribution in [0.4, 0.5) is 0 Å². The fraction of sp³-hybridized carbons (Fsp3) is 0.417. The Morgan fingerprint density at radius 1 is 1.14 bits per heavy atom. The number of hydrogen-bond donors (Lipinski definition) is 1. The number of carbonyl (C=O) groups is 2. The molecule has 1 atom stereocenters. The van der Waals surface area contributed by atoms with Crippen LogP contribution in [-0.4, -0.2) is 24.4 Å². The summed E-state index contributed by atoms with van der Waals surface area (Å²) < 4.78 is 11.6. The second kappa shape index (κ2) is 9.12. The first-order chi connectivity index (χ1) is 13.9. The molecular formula is C24H29NO4. The molecule has 5 nitrogen and oxygen atoms in total. The van der Waals surface area contributed by atoms with Gasteiger partial charge in [0.15, 0.2) is 5.78 Å². The maximum Gasteiger partial charge on any atom is 0.220 e. The van der Waals surface area contributed by atoms with E-state index in [1.165, 1.54) is 0 Å². The zero-order valence-electron chi connectivity index (χ0n) is 17.6. The normalized spacial score (nSPS) is 14.8. The van der Waals surface area contributed by atoms with Crippen LogP contribution in [0.5, 0.6) is 11.5 Å². The number of Topliss-reactive ketones (excluding diaryl/α,β-unsaturated/α-hetero) is 1. The van der Waals surface area contributed by atoms with Gasteiger partial charge in [-0.1, -0.05) is 12.1 Å². The van der Waals surface area contributed by atoms with Gasteiger partial charge in [-0.05, 0) is 57.0 Å². The Bertz CT molecular complexity index is 919. The Labute approximate surface area is 172 Å². The second-order valence-corrected chi connectivity index (χ2v) is 7.63. The van der Waals surface area contributed by atoms with Crippen molar-refractivity contribution in [3.63, 3.8) is 0 Å². The second-order valence-electron chi connectivity index (χ2n) is 7.63. The monoisotopic (exact) mass is 395 g/mol. The van der Waals surface area contributed by atoms with E-state index in [0.29, 0.717) is 18.7 Å². The fourth-order valence-corrected chi connectivity index (χ4v) is 3.48. The first-order valence-electron chi connectivity index (χ1n) is 10.2. The van der Waals surface area contributed by atoms with Gasteiger partial charge >= 0.3 is 0 Å². The average molecular weight is 395 g/mol. The van der Waals surface area contributed by atoms with E-state index in [-0.39, 0.29) is 30.6 Å². The Balaban J connectivity index is 1.57. The molecule has 3 rings (SSSR count). The van der Waals surface area contributed by atoms with Crippen LogP contribution in [-0.2, 0) is 17.8 Å². The third kappa shape index (κ3) is 5.17. The lowest BCUT2D eigenvalue weighted by Crippen LogP contribution is -2.23. The van der Waals surface area contributed by atoms with Gasteiger partial charge in [-0.15, -0.1) is 0 Å². The third-order valence-electron chi connectivity index (χ3n) is 5.26. The number of nitrogens with one attached hydrogen (secondary N) is 1. The summed E-state index contributed by atoms with van der Waals surface area (Å²) in [6, 6.07) is 9.60. The molecule has 1 amide bonds. The number of carbonyl (C=O) groups excluding carboxylic acids is 2. The highest BCUT2D eigenvalue weighted by Crippen LogP contribution is 2.35. The van der Waals surface area contributed by atoms with E-state index in [0.717, 1.165) is 40.2 Å². The van der Waals surface area contributed by atoms with Crippen LogP contribution in [0.25, 0.3) is 0 Å². The molecule has 1 heterocycles. The number of amides is 1. The SMILES string of the molecule is CCOc1cc2c(cc1CNC(=O)CCC(=O)c1ccc(C)c(C)c1)O[C@@H](C)C2. The summed E-state index contributed by atoms with van der Waals surface area (Å²) in [5.41, 5.74) is 4.90. The van der Waals surface area contributed by atoms with Crippen LogP contribution in [0.2, 0.25) is 0 Å². The van der Waals surface area contributed by atoms with Gasteiger partial charge in [0.1, 0.15) is 17.6 Å². The fourth-order valence-electron chi connectivity index (χ4n) is 3.48. The van der Waals surface area contributed by atoms with Crippen molar-refractivity contribution in [3.05, 3.63) is 58.1 Å². The molecule has 0 spiro atoms. The number of benzene rings is 2. The van der Waals surface area contributed by atoms with Crippen LogP contribution in [0.3, 0.4) is 0 Å². The van der Waals surface area contributed by atoms with Crippen LogP contribution >= 0.6 is 0 Å². The van der Waals surface area contributed by atoms with Crippen LogP contribution in [0, 0.1) is 13.8 Å². The van der Waals surface area contributed by atoms with Gasteiger partial charge in [0.25, 0.3) is 0 Å². The van der Waals surface area contributed by atoms with Crippen molar-refractivity contribution < 1.29 is 19.1 Å². The first kappa shape index (κ1) is 20.9. The largest absolute Gasteiger partial charge is 0.494 e. The van der Waals surface area contributed by atoms with Crippen LogP contribution in [0.15, 0.2) is 30.3 Å². The zero-order valence-corrected chi connectivity index (χ0v) is 17.6. The minimum Gasteiger partial charge on any atom is -0.494 e. The quantitative estimate of drug-likeness (QED) is 0.677. The van der Waals surface area contributed by atoms with E-state index in [4.69, 9.17) is 9.47 Å². The number of hydrogen-bond acceptors (Lipinski definition) is 4. The predicted molar refractivity (Wildman–Crippen MR) is 113 cm³/mol. The van der Waals surface area contributed by atoms with Crippen molar-refractivity contribution in [2.45, 2.75) is 59.6 Å². The summed E-state index contributed by atoms with van der Waals surface area (Å²) in [6.07, 6.45) is 1.37.